The van der Waals surface area contributed by atoms with Crippen molar-refractivity contribution in [3.05, 3.63) is 18.2 Å². The van der Waals surface area contributed by atoms with Crippen LogP contribution < -0.4 is 0 Å². The average Bonchev–Trinajstić information content (AvgIpc) is 2.89. The molecule has 2 atom stereocenters. The Labute approximate surface area is 150 Å². The molecule has 2 fully saturated rings. The van der Waals surface area contributed by atoms with Gasteiger partial charge in [0.15, 0.2) is 0 Å². The van der Waals surface area contributed by atoms with Crippen LogP contribution in [-0.2, 0) is 11.8 Å². The lowest BCUT2D eigenvalue weighted by atomic mass is 9.90. The molecule has 6 heteroatoms. The summed E-state index contributed by atoms with van der Waals surface area (Å²) in [4.78, 5) is 21.4. The molecule has 2 aliphatic rings. The van der Waals surface area contributed by atoms with Crippen molar-refractivity contribution in [2.45, 2.75) is 57.6 Å². The van der Waals surface area contributed by atoms with E-state index in [0.29, 0.717) is 0 Å². The number of carbonyl (C=O) groups is 1. The minimum absolute atomic E-state index is 0.0515. The molecular formula is C19H32N4O2. The molecule has 1 aromatic heterocycles. The van der Waals surface area contributed by atoms with Crippen molar-refractivity contribution in [3.63, 3.8) is 0 Å². The normalized spacial score (nSPS) is 23.2. The molecule has 2 saturated heterocycles. The highest BCUT2D eigenvalue weighted by Crippen LogP contribution is 2.30. The van der Waals surface area contributed by atoms with Gasteiger partial charge in [-0.2, -0.15) is 0 Å². The molecule has 0 aliphatic carbocycles. The lowest BCUT2D eigenvalue weighted by Gasteiger charge is -2.38. The highest BCUT2D eigenvalue weighted by atomic mass is 16.3. The molecule has 140 valence electrons. The molecule has 2 aliphatic heterocycles. The van der Waals surface area contributed by atoms with E-state index in [1.807, 2.05) is 24.7 Å². The average molecular weight is 348 g/mol. The number of hydrogen-bond acceptors (Lipinski definition) is 4. The summed E-state index contributed by atoms with van der Waals surface area (Å²) in [6.07, 6.45) is 9.66. The van der Waals surface area contributed by atoms with E-state index < -0.39 is 6.10 Å². The van der Waals surface area contributed by atoms with Gasteiger partial charge in [0.1, 0.15) is 11.9 Å². The number of imidazole rings is 1. The summed E-state index contributed by atoms with van der Waals surface area (Å²) in [6.45, 7) is 5.61. The van der Waals surface area contributed by atoms with Crippen LogP contribution in [0.5, 0.6) is 0 Å². The van der Waals surface area contributed by atoms with Crippen LogP contribution in [0.4, 0.5) is 0 Å². The molecule has 0 bridgehead atoms. The number of aliphatic hydroxyl groups is 1. The van der Waals surface area contributed by atoms with Gasteiger partial charge in [-0.1, -0.05) is 12.8 Å². The summed E-state index contributed by atoms with van der Waals surface area (Å²) >= 11 is 0. The standard InChI is InChI=1S/C19H32N4O2/c1-15(19(25)23-10-5-3-4-6-11-23)22-12-7-16(8-13-22)17(24)18-20-9-14-21(18)2/h9,14-17,24H,3-8,10-13H2,1-2H3. The summed E-state index contributed by atoms with van der Waals surface area (Å²) in [5.74, 6) is 1.25. The second kappa shape index (κ2) is 8.32. The second-order valence-electron chi connectivity index (χ2n) is 7.63. The van der Waals surface area contributed by atoms with Crippen LogP contribution in [0, 0.1) is 5.92 Å². The van der Waals surface area contributed by atoms with Crippen LogP contribution in [0.1, 0.15) is 57.4 Å². The maximum atomic E-state index is 12.8. The lowest BCUT2D eigenvalue weighted by Crippen LogP contribution is -2.50. The summed E-state index contributed by atoms with van der Waals surface area (Å²) in [5.41, 5.74) is 0. The quantitative estimate of drug-likeness (QED) is 0.903. The SMILES string of the molecule is CC(C(=O)N1CCCCCC1)N1CCC(C(O)c2nccn2C)CC1. The van der Waals surface area contributed by atoms with E-state index in [9.17, 15) is 9.90 Å². The highest BCUT2D eigenvalue weighted by molar-refractivity contribution is 5.81. The van der Waals surface area contributed by atoms with E-state index in [1.54, 1.807) is 6.20 Å². The monoisotopic (exact) mass is 348 g/mol. The summed E-state index contributed by atoms with van der Waals surface area (Å²) in [5, 5.41) is 10.6. The van der Waals surface area contributed by atoms with Crippen LogP contribution in [-0.4, -0.2) is 62.6 Å². The van der Waals surface area contributed by atoms with Crippen molar-refractivity contribution in [3.8, 4) is 0 Å². The smallest absolute Gasteiger partial charge is 0.239 e. The third-order valence-electron chi connectivity index (χ3n) is 5.97. The fourth-order valence-corrected chi connectivity index (χ4v) is 4.21. The van der Waals surface area contributed by atoms with Gasteiger partial charge in [0.25, 0.3) is 0 Å². The van der Waals surface area contributed by atoms with Gasteiger partial charge in [-0.25, -0.2) is 4.98 Å². The largest absolute Gasteiger partial charge is 0.385 e. The Morgan fingerprint density at radius 3 is 2.36 bits per heavy atom. The Balaban J connectivity index is 1.52. The molecule has 3 heterocycles. The van der Waals surface area contributed by atoms with Crippen LogP contribution >= 0.6 is 0 Å². The van der Waals surface area contributed by atoms with Crippen LogP contribution in [0.2, 0.25) is 0 Å². The molecule has 25 heavy (non-hydrogen) atoms. The topological polar surface area (TPSA) is 61.6 Å². The Morgan fingerprint density at radius 2 is 1.80 bits per heavy atom. The number of piperidine rings is 1. The van der Waals surface area contributed by atoms with E-state index in [4.69, 9.17) is 0 Å². The third kappa shape index (κ3) is 4.23. The number of aromatic nitrogens is 2. The van der Waals surface area contributed by atoms with Crippen molar-refractivity contribution in [2.75, 3.05) is 26.2 Å². The zero-order valence-electron chi connectivity index (χ0n) is 15.6. The number of carbonyl (C=O) groups excluding carboxylic acids is 1. The first-order valence-electron chi connectivity index (χ1n) is 9.76. The van der Waals surface area contributed by atoms with Gasteiger partial charge < -0.3 is 14.6 Å². The minimum atomic E-state index is -0.515. The number of nitrogens with zero attached hydrogens (tertiary/aromatic N) is 4. The number of likely N-dealkylation sites (tertiary alicyclic amines) is 2. The number of hydrogen-bond donors (Lipinski definition) is 1. The summed E-state index contributed by atoms with van der Waals surface area (Å²) < 4.78 is 1.89. The minimum Gasteiger partial charge on any atom is -0.385 e. The van der Waals surface area contributed by atoms with Gasteiger partial charge in [-0.15, -0.1) is 0 Å². The van der Waals surface area contributed by atoms with E-state index in [0.717, 1.165) is 57.7 Å². The Morgan fingerprint density at radius 1 is 1.16 bits per heavy atom. The Kier molecular flexibility index (Phi) is 6.12. The molecule has 6 nitrogen and oxygen atoms in total. The molecule has 1 amide bonds. The maximum absolute atomic E-state index is 12.8. The summed E-state index contributed by atoms with van der Waals surface area (Å²) in [6, 6.07) is -0.0515. The van der Waals surface area contributed by atoms with Crippen molar-refractivity contribution in [1.82, 2.24) is 19.4 Å². The number of rotatable bonds is 4. The van der Waals surface area contributed by atoms with Crippen molar-refractivity contribution in [1.29, 1.82) is 0 Å². The van der Waals surface area contributed by atoms with Gasteiger partial charge in [-0.3, -0.25) is 9.69 Å². The van der Waals surface area contributed by atoms with Crippen LogP contribution in [0.25, 0.3) is 0 Å². The molecule has 0 saturated carbocycles. The zero-order chi connectivity index (χ0) is 17.8. The lowest BCUT2D eigenvalue weighted by molar-refractivity contribution is -0.137. The highest BCUT2D eigenvalue weighted by Gasteiger charge is 2.33. The second-order valence-corrected chi connectivity index (χ2v) is 7.63. The molecule has 2 unspecified atom stereocenters. The maximum Gasteiger partial charge on any atom is 0.239 e. The molecule has 1 aromatic rings. The molecule has 0 aromatic carbocycles. The van der Waals surface area contributed by atoms with E-state index in [1.165, 1.54) is 12.8 Å². The van der Waals surface area contributed by atoms with Gasteiger partial charge in [-0.05, 0) is 51.6 Å². The molecule has 3 rings (SSSR count). The van der Waals surface area contributed by atoms with Gasteiger partial charge in [0.05, 0.1) is 6.04 Å². The molecule has 0 spiro atoms. The van der Waals surface area contributed by atoms with Crippen molar-refractivity contribution in [2.24, 2.45) is 13.0 Å². The Bertz CT molecular complexity index is 558. The van der Waals surface area contributed by atoms with E-state index in [2.05, 4.69) is 14.8 Å². The van der Waals surface area contributed by atoms with E-state index in [-0.39, 0.29) is 17.9 Å². The summed E-state index contributed by atoms with van der Waals surface area (Å²) in [7, 11) is 1.92. The predicted octanol–water partition coefficient (Wildman–Crippen LogP) is 1.96. The van der Waals surface area contributed by atoms with Crippen molar-refractivity contribution < 1.29 is 9.90 Å². The first kappa shape index (κ1) is 18.4. The first-order valence-corrected chi connectivity index (χ1v) is 9.76. The molecular weight excluding hydrogens is 316 g/mol. The van der Waals surface area contributed by atoms with Gasteiger partial charge >= 0.3 is 0 Å². The number of aryl methyl sites for hydroxylation is 1. The fraction of sp³-hybridized carbons (Fsp3) is 0.789. The van der Waals surface area contributed by atoms with E-state index >= 15 is 0 Å². The van der Waals surface area contributed by atoms with Crippen LogP contribution in [0.15, 0.2) is 12.4 Å². The fourth-order valence-electron chi connectivity index (χ4n) is 4.21. The van der Waals surface area contributed by atoms with Crippen LogP contribution in [0.3, 0.4) is 0 Å². The van der Waals surface area contributed by atoms with Crippen molar-refractivity contribution >= 4 is 5.91 Å². The zero-order valence-corrected chi connectivity index (χ0v) is 15.6. The Hall–Kier alpha value is -1.40. The van der Waals surface area contributed by atoms with Gasteiger partial charge in [0.2, 0.25) is 5.91 Å². The predicted molar refractivity (Wildman–Crippen MR) is 97.0 cm³/mol. The number of amides is 1. The first-order chi connectivity index (χ1) is 12.1. The molecule has 0 radical (unpaired) electrons. The third-order valence-corrected chi connectivity index (χ3v) is 5.97. The van der Waals surface area contributed by atoms with Gasteiger partial charge in [0, 0.05) is 32.5 Å². The molecule has 1 N–H and O–H groups in total. The number of aliphatic hydroxyl groups excluding tert-OH is 1.